The van der Waals surface area contributed by atoms with Gasteiger partial charge in [0.2, 0.25) is 5.91 Å². The van der Waals surface area contributed by atoms with Crippen molar-refractivity contribution in [2.75, 3.05) is 16.8 Å². The van der Waals surface area contributed by atoms with E-state index in [1.807, 2.05) is 29.2 Å². The molecule has 0 atom stereocenters. The topological polar surface area (TPSA) is 56.1 Å². The number of nitrogens with one attached hydrogen (secondary N) is 1. The fourth-order valence-electron chi connectivity index (χ4n) is 2.20. The molecule has 0 bridgehead atoms. The van der Waals surface area contributed by atoms with Crippen LogP contribution in [0.2, 0.25) is 0 Å². The highest BCUT2D eigenvalue weighted by Crippen LogP contribution is 2.36. The van der Waals surface area contributed by atoms with Crippen molar-refractivity contribution in [3.63, 3.8) is 0 Å². The van der Waals surface area contributed by atoms with E-state index < -0.39 is 0 Å². The largest absolute Gasteiger partial charge is 0.330 e. The van der Waals surface area contributed by atoms with Crippen LogP contribution in [0.4, 0.5) is 17.1 Å². The first kappa shape index (κ1) is 12.7. The number of nitriles is 1. The number of amides is 1. The number of carbonyl (C=O) groups is 1. The van der Waals surface area contributed by atoms with Gasteiger partial charge >= 0.3 is 0 Å². The third kappa shape index (κ3) is 2.26. The third-order valence-corrected chi connectivity index (χ3v) is 3.66. The van der Waals surface area contributed by atoms with Crippen molar-refractivity contribution in [1.29, 1.82) is 5.26 Å². The van der Waals surface area contributed by atoms with E-state index in [-0.39, 0.29) is 12.5 Å². The zero-order chi connectivity index (χ0) is 14.1. The Hall–Kier alpha value is -2.32. The van der Waals surface area contributed by atoms with Gasteiger partial charge in [0, 0.05) is 10.2 Å². The van der Waals surface area contributed by atoms with Crippen LogP contribution in [0.1, 0.15) is 5.56 Å². The predicted molar refractivity (Wildman–Crippen MR) is 80.9 cm³/mol. The van der Waals surface area contributed by atoms with E-state index in [0.717, 1.165) is 21.5 Å². The summed E-state index contributed by atoms with van der Waals surface area (Å²) in [5, 5.41) is 11.8. The van der Waals surface area contributed by atoms with Crippen LogP contribution >= 0.6 is 15.9 Å². The van der Waals surface area contributed by atoms with Gasteiger partial charge in [0.1, 0.15) is 6.54 Å². The monoisotopic (exact) mass is 327 g/mol. The first-order valence-electron chi connectivity index (χ1n) is 6.04. The SMILES string of the molecule is N#Cc1ccc2c(c1)N(c1ccc(Br)cc1)CC(=O)N2. The molecule has 0 saturated carbocycles. The highest BCUT2D eigenvalue weighted by molar-refractivity contribution is 9.10. The van der Waals surface area contributed by atoms with Crippen LogP contribution in [0, 0.1) is 11.3 Å². The Kier molecular flexibility index (Phi) is 3.17. The van der Waals surface area contributed by atoms with Crippen molar-refractivity contribution in [3.05, 3.63) is 52.5 Å². The smallest absolute Gasteiger partial charge is 0.244 e. The molecule has 1 N–H and O–H groups in total. The minimum atomic E-state index is -0.0647. The number of carbonyl (C=O) groups excluding carboxylic acids is 1. The van der Waals surface area contributed by atoms with Gasteiger partial charge < -0.3 is 10.2 Å². The lowest BCUT2D eigenvalue weighted by atomic mass is 10.1. The van der Waals surface area contributed by atoms with Crippen molar-refractivity contribution in [1.82, 2.24) is 0 Å². The molecule has 3 rings (SSSR count). The van der Waals surface area contributed by atoms with Crippen molar-refractivity contribution in [2.45, 2.75) is 0 Å². The normalized spacial score (nSPS) is 13.4. The molecule has 1 aliphatic heterocycles. The fraction of sp³-hybridized carbons (Fsp3) is 0.0667. The maximum absolute atomic E-state index is 11.8. The number of hydrogen-bond acceptors (Lipinski definition) is 3. The van der Waals surface area contributed by atoms with Gasteiger partial charge in [-0.3, -0.25) is 4.79 Å². The maximum atomic E-state index is 11.8. The molecule has 98 valence electrons. The minimum Gasteiger partial charge on any atom is -0.330 e. The Balaban J connectivity index is 2.11. The van der Waals surface area contributed by atoms with Gasteiger partial charge in [-0.05, 0) is 42.5 Å². The summed E-state index contributed by atoms with van der Waals surface area (Å²) in [4.78, 5) is 13.7. The summed E-state index contributed by atoms with van der Waals surface area (Å²) in [6.07, 6.45) is 0. The number of hydrogen-bond donors (Lipinski definition) is 1. The second-order valence-corrected chi connectivity index (χ2v) is 5.37. The summed E-state index contributed by atoms with van der Waals surface area (Å²) in [6, 6.07) is 15.1. The van der Waals surface area contributed by atoms with Crippen LogP contribution in [0.5, 0.6) is 0 Å². The zero-order valence-corrected chi connectivity index (χ0v) is 12.0. The second-order valence-electron chi connectivity index (χ2n) is 4.45. The molecular formula is C15H10BrN3O. The number of rotatable bonds is 1. The molecule has 0 fully saturated rings. The molecule has 5 heteroatoms. The molecule has 1 heterocycles. The molecule has 1 amide bonds. The Morgan fingerprint density at radius 1 is 1.20 bits per heavy atom. The molecule has 0 saturated heterocycles. The van der Waals surface area contributed by atoms with E-state index in [0.29, 0.717) is 5.56 Å². The summed E-state index contributed by atoms with van der Waals surface area (Å²) in [5.41, 5.74) is 3.05. The van der Waals surface area contributed by atoms with Crippen molar-refractivity contribution >= 4 is 38.9 Å². The predicted octanol–water partition coefficient (Wildman–Crippen LogP) is 3.41. The van der Waals surface area contributed by atoms with E-state index in [2.05, 4.69) is 27.3 Å². The van der Waals surface area contributed by atoms with E-state index >= 15 is 0 Å². The summed E-state index contributed by atoms with van der Waals surface area (Å²) < 4.78 is 0.980. The van der Waals surface area contributed by atoms with Gasteiger partial charge in [-0.15, -0.1) is 0 Å². The molecule has 20 heavy (non-hydrogen) atoms. The summed E-state index contributed by atoms with van der Waals surface area (Å²) in [6.45, 7) is 0.240. The van der Waals surface area contributed by atoms with Crippen LogP contribution in [0.3, 0.4) is 0 Å². The molecule has 0 aliphatic carbocycles. The van der Waals surface area contributed by atoms with Crippen LogP contribution in [0.15, 0.2) is 46.9 Å². The van der Waals surface area contributed by atoms with Gasteiger partial charge in [-0.1, -0.05) is 15.9 Å². The molecule has 4 nitrogen and oxygen atoms in total. The highest BCUT2D eigenvalue weighted by Gasteiger charge is 2.23. The van der Waals surface area contributed by atoms with E-state index in [1.54, 1.807) is 18.2 Å². The Morgan fingerprint density at radius 2 is 1.95 bits per heavy atom. The quantitative estimate of drug-likeness (QED) is 0.873. The number of nitrogens with zero attached hydrogens (tertiary/aromatic N) is 2. The molecule has 0 radical (unpaired) electrons. The standard InChI is InChI=1S/C15H10BrN3O/c16-11-2-4-12(5-3-11)19-9-15(20)18-13-6-1-10(8-17)7-14(13)19/h1-7H,9H2,(H,18,20). The fourth-order valence-corrected chi connectivity index (χ4v) is 2.46. The first-order chi connectivity index (χ1) is 9.67. The summed E-state index contributed by atoms with van der Waals surface area (Å²) >= 11 is 3.40. The van der Waals surface area contributed by atoms with Gasteiger partial charge in [0.15, 0.2) is 0 Å². The van der Waals surface area contributed by atoms with Crippen molar-refractivity contribution in [2.24, 2.45) is 0 Å². The molecule has 1 aliphatic rings. The molecular weight excluding hydrogens is 318 g/mol. The van der Waals surface area contributed by atoms with E-state index in [9.17, 15) is 4.79 Å². The second kappa shape index (κ2) is 4.99. The maximum Gasteiger partial charge on any atom is 0.244 e. The Labute approximate surface area is 124 Å². The van der Waals surface area contributed by atoms with Gasteiger partial charge in [-0.2, -0.15) is 5.26 Å². The van der Waals surface area contributed by atoms with Crippen LogP contribution in [-0.2, 0) is 4.79 Å². The average Bonchev–Trinajstić information content (AvgIpc) is 2.47. The molecule has 2 aromatic carbocycles. The highest BCUT2D eigenvalue weighted by atomic mass is 79.9. The van der Waals surface area contributed by atoms with Crippen molar-refractivity contribution < 1.29 is 4.79 Å². The van der Waals surface area contributed by atoms with E-state index in [1.165, 1.54) is 0 Å². The van der Waals surface area contributed by atoms with Crippen LogP contribution in [-0.4, -0.2) is 12.5 Å². The van der Waals surface area contributed by atoms with Crippen LogP contribution in [0.25, 0.3) is 0 Å². The van der Waals surface area contributed by atoms with Gasteiger partial charge in [-0.25, -0.2) is 0 Å². The number of benzene rings is 2. The number of halogens is 1. The van der Waals surface area contributed by atoms with E-state index in [4.69, 9.17) is 5.26 Å². The lowest BCUT2D eigenvalue weighted by Gasteiger charge is -2.31. The average molecular weight is 328 g/mol. The third-order valence-electron chi connectivity index (χ3n) is 3.13. The van der Waals surface area contributed by atoms with Gasteiger partial charge in [0.05, 0.1) is 23.0 Å². The summed E-state index contributed by atoms with van der Waals surface area (Å²) in [5.74, 6) is -0.0647. The lowest BCUT2D eigenvalue weighted by molar-refractivity contribution is -0.115. The zero-order valence-electron chi connectivity index (χ0n) is 10.4. The molecule has 2 aromatic rings. The molecule has 0 aromatic heterocycles. The van der Waals surface area contributed by atoms with Gasteiger partial charge in [0.25, 0.3) is 0 Å². The number of fused-ring (bicyclic) bond motifs is 1. The first-order valence-corrected chi connectivity index (χ1v) is 6.84. The molecule has 0 spiro atoms. The number of anilines is 3. The Morgan fingerprint density at radius 3 is 2.65 bits per heavy atom. The Bertz CT molecular complexity index is 719. The summed E-state index contributed by atoms with van der Waals surface area (Å²) in [7, 11) is 0. The van der Waals surface area contributed by atoms with Crippen molar-refractivity contribution in [3.8, 4) is 6.07 Å². The minimum absolute atomic E-state index is 0.0647. The van der Waals surface area contributed by atoms with Crippen LogP contribution < -0.4 is 10.2 Å². The molecule has 0 unspecified atom stereocenters. The lowest BCUT2D eigenvalue weighted by Crippen LogP contribution is -2.35.